The second-order valence-electron chi connectivity index (χ2n) is 2.59. The van der Waals surface area contributed by atoms with Crippen molar-refractivity contribution in [2.24, 2.45) is 0 Å². The largest absolute Gasteiger partial charge is 0.296 e. The number of pyridine rings is 1. The minimum atomic E-state index is -3.05. The highest BCUT2D eigenvalue weighted by Gasteiger charge is 2.28. The van der Waals surface area contributed by atoms with E-state index >= 15 is 0 Å². The molecule has 0 spiro atoms. The Bertz CT molecular complexity index is 335. The first-order valence-corrected chi connectivity index (χ1v) is 4.23. The van der Waals surface area contributed by atoms with E-state index in [0.717, 1.165) is 6.92 Å². The van der Waals surface area contributed by atoms with Gasteiger partial charge in [-0.15, -0.1) is 0 Å². The highest BCUT2D eigenvalue weighted by Crippen LogP contribution is 2.30. The molecule has 0 N–H and O–H groups in total. The molecule has 0 aliphatic rings. The Morgan fingerprint density at radius 3 is 2.69 bits per heavy atom. The highest BCUT2D eigenvalue weighted by atomic mass is 79.9. The molecule has 5 heteroatoms. The van der Waals surface area contributed by atoms with E-state index in [9.17, 15) is 13.6 Å². The van der Waals surface area contributed by atoms with Crippen molar-refractivity contribution in [1.29, 1.82) is 0 Å². The predicted octanol–water partition coefficient (Wildman–Crippen LogP) is 2.77. The van der Waals surface area contributed by atoms with Gasteiger partial charge in [0.25, 0.3) is 5.92 Å². The zero-order valence-electron chi connectivity index (χ0n) is 6.72. The van der Waals surface area contributed by atoms with Gasteiger partial charge in [-0.1, -0.05) is 0 Å². The van der Waals surface area contributed by atoms with E-state index in [-0.39, 0.29) is 11.3 Å². The van der Waals surface area contributed by atoms with Crippen molar-refractivity contribution >= 4 is 22.2 Å². The lowest BCUT2D eigenvalue weighted by molar-refractivity contribution is 0.0163. The van der Waals surface area contributed by atoms with Gasteiger partial charge in [-0.05, 0) is 22.0 Å². The van der Waals surface area contributed by atoms with Crippen molar-refractivity contribution in [1.82, 2.24) is 4.98 Å². The third-order valence-corrected chi connectivity index (χ3v) is 1.90. The number of hydrogen-bond donors (Lipinski definition) is 0. The number of nitrogens with zero attached hydrogens (tertiary/aromatic N) is 1. The Labute approximate surface area is 82.1 Å². The number of hydrogen-bond acceptors (Lipinski definition) is 2. The molecule has 0 amide bonds. The summed E-state index contributed by atoms with van der Waals surface area (Å²) in [7, 11) is 0. The average molecular weight is 250 g/mol. The normalized spacial score (nSPS) is 11.4. The fourth-order valence-electron chi connectivity index (χ4n) is 0.895. The average Bonchev–Trinajstić information content (AvgIpc) is 2.03. The van der Waals surface area contributed by atoms with Crippen LogP contribution in [0, 0.1) is 0 Å². The lowest BCUT2D eigenvalue weighted by Gasteiger charge is -2.11. The monoisotopic (exact) mass is 249 g/mol. The summed E-state index contributed by atoms with van der Waals surface area (Å²) in [4.78, 5) is 13.9. The predicted molar refractivity (Wildman–Crippen MR) is 46.9 cm³/mol. The SMILES string of the molecule is CC(F)(F)c1cc(Br)cnc1C=O. The van der Waals surface area contributed by atoms with Gasteiger partial charge in [0.05, 0.1) is 5.56 Å². The van der Waals surface area contributed by atoms with Crippen LogP contribution in [0.15, 0.2) is 16.7 Å². The number of alkyl halides is 2. The molecular formula is C8H6BrF2NO. The Balaban J connectivity index is 3.32. The van der Waals surface area contributed by atoms with Crippen molar-refractivity contribution in [3.8, 4) is 0 Å². The van der Waals surface area contributed by atoms with Gasteiger partial charge in [-0.25, -0.2) is 8.78 Å². The molecule has 0 saturated heterocycles. The third-order valence-electron chi connectivity index (χ3n) is 1.47. The van der Waals surface area contributed by atoms with E-state index in [1.165, 1.54) is 12.3 Å². The van der Waals surface area contributed by atoms with Crippen LogP contribution in [0.4, 0.5) is 8.78 Å². The molecule has 1 heterocycles. The Morgan fingerprint density at radius 2 is 2.23 bits per heavy atom. The summed E-state index contributed by atoms with van der Waals surface area (Å²) in [5.74, 6) is -3.05. The second kappa shape index (κ2) is 3.49. The zero-order valence-corrected chi connectivity index (χ0v) is 8.31. The molecule has 0 aliphatic carbocycles. The van der Waals surface area contributed by atoms with Gasteiger partial charge in [0.2, 0.25) is 0 Å². The van der Waals surface area contributed by atoms with Crippen LogP contribution in [-0.4, -0.2) is 11.3 Å². The Kier molecular flexibility index (Phi) is 2.75. The van der Waals surface area contributed by atoms with Crippen LogP contribution in [0.3, 0.4) is 0 Å². The van der Waals surface area contributed by atoms with Crippen molar-refractivity contribution < 1.29 is 13.6 Å². The number of aromatic nitrogens is 1. The van der Waals surface area contributed by atoms with Crippen LogP contribution in [0.25, 0.3) is 0 Å². The van der Waals surface area contributed by atoms with Crippen LogP contribution in [0.1, 0.15) is 23.0 Å². The van der Waals surface area contributed by atoms with Gasteiger partial charge in [-0.3, -0.25) is 9.78 Å². The molecule has 0 fully saturated rings. The van der Waals surface area contributed by atoms with E-state index in [1.807, 2.05) is 0 Å². The zero-order chi connectivity index (χ0) is 10.1. The van der Waals surface area contributed by atoms with E-state index in [0.29, 0.717) is 10.8 Å². The highest BCUT2D eigenvalue weighted by molar-refractivity contribution is 9.10. The number of carbonyl (C=O) groups excluding carboxylic acids is 1. The maximum absolute atomic E-state index is 12.9. The maximum atomic E-state index is 12.9. The molecule has 0 unspecified atom stereocenters. The van der Waals surface area contributed by atoms with Gasteiger partial charge in [-0.2, -0.15) is 0 Å². The molecule has 1 aromatic heterocycles. The minimum absolute atomic E-state index is 0.226. The summed E-state index contributed by atoms with van der Waals surface area (Å²) in [6.45, 7) is 0.726. The topological polar surface area (TPSA) is 30.0 Å². The van der Waals surface area contributed by atoms with Crippen LogP contribution >= 0.6 is 15.9 Å². The van der Waals surface area contributed by atoms with E-state index in [1.54, 1.807) is 0 Å². The summed E-state index contributed by atoms with van der Waals surface area (Å²) >= 11 is 3.01. The number of halogens is 3. The van der Waals surface area contributed by atoms with Crippen molar-refractivity contribution in [3.05, 3.63) is 28.0 Å². The van der Waals surface area contributed by atoms with Gasteiger partial charge in [0.1, 0.15) is 5.69 Å². The van der Waals surface area contributed by atoms with Gasteiger partial charge in [0.15, 0.2) is 6.29 Å². The number of rotatable bonds is 2. The van der Waals surface area contributed by atoms with Crippen LogP contribution in [-0.2, 0) is 5.92 Å². The fourth-order valence-corrected chi connectivity index (χ4v) is 1.23. The summed E-state index contributed by atoms with van der Waals surface area (Å²) in [5, 5.41) is 0. The van der Waals surface area contributed by atoms with Crippen LogP contribution in [0.2, 0.25) is 0 Å². The third kappa shape index (κ3) is 2.30. The molecule has 2 nitrogen and oxygen atoms in total. The Hall–Kier alpha value is -0.840. The molecule has 0 radical (unpaired) electrons. The first-order chi connectivity index (χ1) is 5.95. The van der Waals surface area contributed by atoms with Gasteiger partial charge >= 0.3 is 0 Å². The number of aldehydes is 1. The summed E-state index contributed by atoms with van der Waals surface area (Å²) < 4.78 is 26.2. The molecule has 0 atom stereocenters. The lowest BCUT2D eigenvalue weighted by atomic mass is 10.1. The molecule has 0 aliphatic heterocycles. The van der Waals surface area contributed by atoms with E-state index in [2.05, 4.69) is 20.9 Å². The van der Waals surface area contributed by atoms with Gasteiger partial charge in [0, 0.05) is 17.6 Å². The van der Waals surface area contributed by atoms with Crippen LogP contribution in [0.5, 0.6) is 0 Å². The molecule has 70 valence electrons. The molecule has 1 aromatic rings. The maximum Gasteiger partial charge on any atom is 0.272 e. The van der Waals surface area contributed by atoms with Crippen molar-refractivity contribution in [3.63, 3.8) is 0 Å². The quantitative estimate of drug-likeness (QED) is 0.755. The second-order valence-corrected chi connectivity index (χ2v) is 3.51. The first-order valence-electron chi connectivity index (χ1n) is 3.44. The first kappa shape index (κ1) is 10.2. The molecule has 1 rings (SSSR count). The fraction of sp³-hybridized carbons (Fsp3) is 0.250. The van der Waals surface area contributed by atoms with Gasteiger partial charge < -0.3 is 0 Å². The number of carbonyl (C=O) groups is 1. The molecule has 0 saturated carbocycles. The molecule has 0 aromatic carbocycles. The van der Waals surface area contributed by atoms with E-state index in [4.69, 9.17) is 0 Å². The molecule has 0 bridgehead atoms. The van der Waals surface area contributed by atoms with Crippen LogP contribution < -0.4 is 0 Å². The summed E-state index contributed by atoms with van der Waals surface area (Å²) in [6.07, 6.45) is 1.62. The minimum Gasteiger partial charge on any atom is -0.296 e. The summed E-state index contributed by atoms with van der Waals surface area (Å²) in [6, 6.07) is 1.19. The van der Waals surface area contributed by atoms with Crippen molar-refractivity contribution in [2.75, 3.05) is 0 Å². The molecule has 13 heavy (non-hydrogen) atoms. The lowest BCUT2D eigenvalue weighted by Crippen LogP contribution is -2.11. The van der Waals surface area contributed by atoms with E-state index < -0.39 is 5.92 Å². The smallest absolute Gasteiger partial charge is 0.272 e. The standard InChI is InChI=1S/C8H6BrF2NO/c1-8(10,11)6-2-5(9)3-12-7(6)4-13/h2-4H,1H3. The molecular weight excluding hydrogens is 244 g/mol. The Morgan fingerprint density at radius 1 is 1.62 bits per heavy atom. The van der Waals surface area contributed by atoms with Crippen molar-refractivity contribution in [2.45, 2.75) is 12.8 Å². The summed E-state index contributed by atoms with van der Waals surface area (Å²) in [5.41, 5.74) is -0.590.